The van der Waals surface area contributed by atoms with Crippen LogP contribution in [0.15, 0.2) is 0 Å². The minimum atomic E-state index is -5.00. The number of aliphatic hydroxyl groups is 2. The number of aliphatic hydroxyl groups excluding tert-OH is 2. The van der Waals surface area contributed by atoms with Crippen molar-refractivity contribution < 1.29 is 32.6 Å². The number of alkyl halides is 3. The fraction of sp³-hybridized carbons (Fsp3) is 0.933. The Morgan fingerprint density at radius 3 is 2.21 bits per heavy atom. The topological polar surface area (TPSA) is 78.8 Å². The summed E-state index contributed by atoms with van der Waals surface area (Å²) < 4.78 is 44.0. The zero-order valence-electron chi connectivity index (χ0n) is 14.8. The summed E-state index contributed by atoms with van der Waals surface area (Å²) in [7, 11) is -2.33. The molecule has 0 unspecified atom stereocenters. The van der Waals surface area contributed by atoms with Gasteiger partial charge in [-0.05, 0) is 24.6 Å². The number of hydrogen-bond donors (Lipinski definition) is 3. The molecule has 0 aliphatic heterocycles. The highest BCUT2D eigenvalue weighted by atomic mass is 28.4. The van der Waals surface area contributed by atoms with Gasteiger partial charge in [0, 0.05) is 18.9 Å². The van der Waals surface area contributed by atoms with Crippen molar-refractivity contribution in [3.05, 3.63) is 0 Å². The molecule has 9 heteroatoms. The minimum absolute atomic E-state index is 0.122. The second-order valence-electron chi connectivity index (χ2n) is 7.98. The number of nitrogens with one attached hydrogen (secondary N) is 1. The molecule has 3 N–H and O–H groups in total. The number of carbonyl (C=O) groups excluding carboxylic acids is 1. The molecule has 1 amide bonds. The van der Waals surface area contributed by atoms with Gasteiger partial charge < -0.3 is 20.0 Å². The number of amides is 1. The Kier molecular flexibility index (Phi) is 6.52. The van der Waals surface area contributed by atoms with Crippen LogP contribution in [0.5, 0.6) is 0 Å². The molecule has 1 fully saturated rings. The van der Waals surface area contributed by atoms with Gasteiger partial charge in [0.25, 0.3) is 0 Å². The van der Waals surface area contributed by atoms with Gasteiger partial charge in [-0.1, -0.05) is 20.8 Å². The third-order valence-electron chi connectivity index (χ3n) is 5.03. The summed E-state index contributed by atoms with van der Waals surface area (Å²) in [6, 6.07) is -0.985. The molecule has 0 heterocycles. The van der Waals surface area contributed by atoms with E-state index in [1.807, 2.05) is 39.2 Å². The summed E-state index contributed by atoms with van der Waals surface area (Å²) in [4.78, 5) is 11.4. The molecule has 0 aromatic rings. The lowest BCUT2D eigenvalue weighted by atomic mass is 9.81. The first-order valence-electron chi connectivity index (χ1n) is 8.03. The van der Waals surface area contributed by atoms with Crippen LogP contribution in [0.1, 0.15) is 33.6 Å². The second kappa shape index (κ2) is 7.31. The first kappa shape index (κ1) is 21.4. The third-order valence-corrected chi connectivity index (χ3v) is 9.53. The predicted molar refractivity (Wildman–Crippen MR) is 85.9 cm³/mol. The number of carbonyl (C=O) groups is 1. The highest BCUT2D eigenvalue weighted by Crippen LogP contribution is 2.40. The lowest BCUT2D eigenvalue weighted by Crippen LogP contribution is -2.60. The maximum Gasteiger partial charge on any atom is 0.471 e. The van der Waals surface area contributed by atoms with Crippen LogP contribution >= 0.6 is 0 Å². The molecule has 0 bridgehead atoms. The molecular formula is C15H28F3NO4Si. The van der Waals surface area contributed by atoms with Crippen molar-refractivity contribution in [3.8, 4) is 0 Å². The molecule has 1 aliphatic rings. The number of rotatable bonds is 4. The fourth-order valence-electron chi connectivity index (χ4n) is 2.62. The van der Waals surface area contributed by atoms with Crippen LogP contribution < -0.4 is 5.32 Å². The van der Waals surface area contributed by atoms with E-state index in [2.05, 4.69) is 0 Å². The standard InChI is InChI=1S/C15H28F3NO4Si/c1-14(2,3)24(4,5)23-11-7-10(21)6-9(8-20)12(11)19-13(22)15(16,17)18/h9-12,20-21H,6-8H2,1-5H3,(H,19,22)/t9-,10+,11+,12+/m1/s1. The van der Waals surface area contributed by atoms with Crippen LogP contribution in [0.25, 0.3) is 0 Å². The molecule has 5 nitrogen and oxygen atoms in total. The van der Waals surface area contributed by atoms with E-state index in [9.17, 15) is 28.2 Å². The van der Waals surface area contributed by atoms with E-state index in [1.165, 1.54) is 0 Å². The van der Waals surface area contributed by atoms with Crippen LogP contribution in [0.4, 0.5) is 13.2 Å². The molecular weight excluding hydrogens is 343 g/mol. The summed E-state index contributed by atoms with van der Waals surface area (Å²) >= 11 is 0. The van der Waals surface area contributed by atoms with E-state index >= 15 is 0 Å². The van der Waals surface area contributed by atoms with E-state index < -0.39 is 51.2 Å². The van der Waals surface area contributed by atoms with Crippen molar-refractivity contribution in [2.24, 2.45) is 5.92 Å². The zero-order chi connectivity index (χ0) is 18.9. The molecule has 142 valence electrons. The van der Waals surface area contributed by atoms with Crippen LogP contribution in [0, 0.1) is 5.92 Å². The Hall–Kier alpha value is -0.643. The Bertz CT molecular complexity index is 451. The average Bonchev–Trinajstić information content (AvgIpc) is 2.38. The Morgan fingerprint density at radius 1 is 1.25 bits per heavy atom. The van der Waals surface area contributed by atoms with Crippen molar-refractivity contribution in [2.45, 2.75) is 76.2 Å². The van der Waals surface area contributed by atoms with E-state index in [0.29, 0.717) is 0 Å². The molecule has 24 heavy (non-hydrogen) atoms. The Morgan fingerprint density at radius 2 is 1.79 bits per heavy atom. The lowest BCUT2D eigenvalue weighted by Gasteiger charge is -2.46. The molecule has 4 atom stereocenters. The summed E-state index contributed by atoms with van der Waals surface area (Å²) in [6.07, 6.45) is -6.30. The van der Waals surface area contributed by atoms with Gasteiger partial charge in [-0.2, -0.15) is 13.2 Å². The predicted octanol–water partition coefficient (Wildman–Crippen LogP) is 2.19. The van der Waals surface area contributed by atoms with E-state index in [1.54, 1.807) is 0 Å². The van der Waals surface area contributed by atoms with Crippen LogP contribution in [-0.2, 0) is 9.22 Å². The molecule has 0 saturated heterocycles. The highest BCUT2D eigenvalue weighted by Gasteiger charge is 2.48. The summed E-state index contributed by atoms with van der Waals surface area (Å²) in [5, 5.41) is 21.3. The van der Waals surface area contributed by atoms with Gasteiger partial charge in [-0.25, -0.2) is 0 Å². The molecule has 0 aromatic carbocycles. The Balaban J connectivity index is 3.04. The van der Waals surface area contributed by atoms with Crippen molar-refractivity contribution in [3.63, 3.8) is 0 Å². The lowest BCUT2D eigenvalue weighted by molar-refractivity contribution is -0.176. The normalized spacial score (nSPS) is 29.4. The quantitative estimate of drug-likeness (QED) is 0.662. The molecule has 0 aromatic heterocycles. The summed E-state index contributed by atoms with van der Waals surface area (Å²) in [5.41, 5.74) is 0. The molecule has 0 spiro atoms. The zero-order valence-corrected chi connectivity index (χ0v) is 15.8. The van der Waals surface area contributed by atoms with Crippen molar-refractivity contribution in [1.29, 1.82) is 0 Å². The van der Waals surface area contributed by atoms with E-state index in [4.69, 9.17) is 4.43 Å². The van der Waals surface area contributed by atoms with Crippen molar-refractivity contribution in [2.75, 3.05) is 6.61 Å². The van der Waals surface area contributed by atoms with Gasteiger partial charge in [-0.3, -0.25) is 4.79 Å². The van der Waals surface area contributed by atoms with Crippen LogP contribution in [-0.4, -0.2) is 55.5 Å². The number of hydrogen-bond acceptors (Lipinski definition) is 4. The minimum Gasteiger partial charge on any atom is -0.412 e. The summed E-state index contributed by atoms with van der Waals surface area (Å²) in [6.45, 7) is 9.44. The van der Waals surface area contributed by atoms with Gasteiger partial charge in [0.2, 0.25) is 0 Å². The SMILES string of the molecule is CC(C)(C)[Si](C)(C)O[C@H]1C[C@@H](O)C[C@H](CO)[C@@H]1NC(=O)C(F)(F)F. The largest absolute Gasteiger partial charge is 0.471 e. The van der Waals surface area contributed by atoms with Crippen LogP contribution in [0.2, 0.25) is 18.1 Å². The third kappa shape index (κ3) is 5.17. The maximum absolute atomic E-state index is 12.6. The Labute approximate surface area is 141 Å². The monoisotopic (exact) mass is 371 g/mol. The summed E-state index contributed by atoms with van der Waals surface area (Å²) in [5.74, 6) is -2.74. The smallest absolute Gasteiger partial charge is 0.412 e. The van der Waals surface area contributed by atoms with Gasteiger partial charge >= 0.3 is 12.1 Å². The van der Waals surface area contributed by atoms with Crippen molar-refractivity contribution in [1.82, 2.24) is 5.32 Å². The maximum atomic E-state index is 12.6. The van der Waals surface area contributed by atoms with Crippen LogP contribution in [0.3, 0.4) is 0 Å². The molecule has 0 radical (unpaired) electrons. The average molecular weight is 371 g/mol. The molecule has 1 rings (SSSR count). The number of halogens is 3. The van der Waals surface area contributed by atoms with Gasteiger partial charge in [0.1, 0.15) is 0 Å². The second-order valence-corrected chi connectivity index (χ2v) is 12.7. The first-order valence-corrected chi connectivity index (χ1v) is 10.9. The van der Waals surface area contributed by atoms with E-state index in [0.717, 1.165) is 0 Å². The van der Waals surface area contributed by atoms with E-state index in [-0.39, 0.29) is 17.9 Å². The van der Waals surface area contributed by atoms with Gasteiger partial charge in [0.05, 0.1) is 18.2 Å². The first-order chi connectivity index (χ1) is 10.7. The van der Waals surface area contributed by atoms with Gasteiger partial charge in [0.15, 0.2) is 8.32 Å². The molecule has 1 saturated carbocycles. The highest BCUT2D eigenvalue weighted by molar-refractivity contribution is 6.74. The fourth-order valence-corrected chi connectivity index (χ4v) is 3.97. The van der Waals surface area contributed by atoms with Gasteiger partial charge in [-0.15, -0.1) is 0 Å². The molecule has 1 aliphatic carbocycles. The van der Waals surface area contributed by atoms with Crippen molar-refractivity contribution >= 4 is 14.2 Å².